The van der Waals surface area contributed by atoms with Crippen molar-refractivity contribution in [2.45, 2.75) is 36.8 Å². The van der Waals surface area contributed by atoms with E-state index in [2.05, 4.69) is 5.32 Å². The van der Waals surface area contributed by atoms with Gasteiger partial charge in [-0.05, 0) is 24.6 Å². The fourth-order valence-electron chi connectivity index (χ4n) is 3.34. The summed E-state index contributed by atoms with van der Waals surface area (Å²) in [6.07, 6.45) is -0.519. The molecule has 0 saturated carbocycles. The molecule has 0 saturated heterocycles. The largest absolute Gasteiger partial charge is 0.354 e. The molecule has 2 atom stereocenters. The molecule has 0 aliphatic carbocycles. The minimum Gasteiger partial charge on any atom is -0.354 e. The number of nitrogens with one attached hydrogen (secondary N) is 1. The zero-order valence-electron chi connectivity index (χ0n) is 17.8. The van der Waals surface area contributed by atoms with Gasteiger partial charge >= 0.3 is 0 Å². The molecule has 0 spiro atoms. The summed E-state index contributed by atoms with van der Waals surface area (Å²) in [4.78, 5) is 29.0. The van der Waals surface area contributed by atoms with Gasteiger partial charge in [0.25, 0.3) is 0 Å². The summed E-state index contributed by atoms with van der Waals surface area (Å²) in [6, 6.07) is 16.0. The highest BCUT2D eigenvalue weighted by Gasteiger charge is 2.39. The molecule has 1 aliphatic heterocycles. The number of ether oxygens (including phenoxy) is 2. The number of amides is 2. The molecular weight excluding hydrogens is 400 g/mol. The molecule has 3 rings (SSSR count). The lowest BCUT2D eigenvalue weighted by molar-refractivity contribution is -0.132. The third kappa shape index (κ3) is 5.03. The van der Waals surface area contributed by atoms with Gasteiger partial charge in [0.1, 0.15) is 5.25 Å². The van der Waals surface area contributed by atoms with E-state index in [-0.39, 0.29) is 18.4 Å². The number of para-hydroxylation sites is 1. The molecule has 1 N–H and O–H groups in total. The Balaban J connectivity index is 1.80. The number of benzene rings is 2. The summed E-state index contributed by atoms with van der Waals surface area (Å²) in [5.74, 6) is -0.766. The molecule has 0 fully saturated rings. The molecule has 0 radical (unpaired) electrons. The predicted molar refractivity (Wildman–Crippen MR) is 118 cm³/mol. The Hall–Kier alpha value is -2.35. The van der Waals surface area contributed by atoms with Crippen molar-refractivity contribution in [1.82, 2.24) is 5.32 Å². The van der Waals surface area contributed by atoms with Gasteiger partial charge < -0.3 is 19.7 Å². The standard InChI is InChI=1S/C23H28N2O4S/c1-15-9-11-17(12-10-15)14-25-18-7-5-6-8-19(18)30-21(23(25)27)16(2)22(26)24-13-20(28-3)29-4/h5-12,16,20-21H,13-14H2,1-4H3,(H,24,26)/t16-,21+/m1/s1. The number of hydrogen-bond acceptors (Lipinski definition) is 5. The van der Waals surface area contributed by atoms with Gasteiger partial charge in [0.2, 0.25) is 11.8 Å². The van der Waals surface area contributed by atoms with Crippen molar-refractivity contribution in [2.24, 2.45) is 5.92 Å². The van der Waals surface area contributed by atoms with Crippen LogP contribution in [0.2, 0.25) is 0 Å². The lowest BCUT2D eigenvalue weighted by Crippen LogP contribution is -2.48. The monoisotopic (exact) mass is 428 g/mol. The molecule has 30 heavy (non-hydrogen) atoms. The van der Waals surface area contributed by atoms with E-state index in [4.69, 9.17) is 9.47 Å². The molecule has 160 valence electrons. The second-order valence-electron chi connectivity index (χ2n) is 7.35. The molecule has 2 aromatic rings. The highest BCUT2D eigenvalue weighted by Crippen LogP contribution is 2.42. The number of fused-ring (bicyclic) bond motifs is 1. The minimum atomic E-state index is -0.519. The van der Waals surface area contributed by atoms with Gasteiger partial charge in [0.05, 0.1) is 24.7 Å². The SMILES string of the molecule is COC(CNC(=O)[C@H](C)[C@@H]1Sc2ccccc2N(Cc2ccc(C)cc2)C1=O)OC. The molecule has 0 unspecified atom stereocenters. The Morgan fingerprint density at radius 3 is 2.47 bits per heavy atom. The Morgan fingerprint density at radius 2 is 1.80 bits per heavy atom. The number of nitrogens with zero attached hydrogens (tertiary/aromatic N) is 1. The normalized spacial score (nSPS) is 17.0. The first-order valence-electron chi connectivity index (χ1n) is 9.90. The summed E-state index contributed by atoms with van der Waals surface area (Å²) in [5.41, 5.74) is 3.11. The second kappa shape index (κ2) is 10.1. The van der Waals surface area contributed by atoms with Gasteiger partial charge in [-0.15, -0.1) is 11.8 Å². The van der Waals surface area contributed by atoms with Gasteiger partial charge in [0, 0.05) is 19.1 Å². The van der Waals surface area contributed by atoms with Gasteiger partial charge in [-0.1, -0.05) is 48.9 Å². The number of carbonyl (C=O) groups excluding carboxylic acids is 2. The Labute approximate surface area is 181 Å². The van der Waals surface area contributed by atoms with Crippen LogP contribution >= 0.6 is 11.8 Å². The van der Waals surface area contributed by atoms with Crippen molar-refractivity contribution in [3.8, 4) is 0 Å². The number of rotatable bonds is 8. The Morgan fingerprint density at radius 1 is 1.13 bits per heavy atom. The van der Waals surface area contributed by atoms with Gasteiger partial charge in [-0.3, -0.25) is 9.59 Å². The van der Waals surface area contributed by atoms with E-state index in [0.29, 0.717) is 6.54 Å². The van der Waals surface area contributed by atoms with Crippen LogP contribution in [0, 0.1) is 12.8 Å². The summed E-state index contributed by atoms with van der Waals surface area (Å²) in [7, 11) is 3.04. The number of anilines is 1. The quantitative estimate of drug-likeness (QED) is 0.653. The van der Waals surface area contributed by atoms with Crippen molar-refractivity contribution in [2.75, 3.05) is 25.7 Å². The van der Waals surface area contributed by atoms with E-state index in [1.165, 1.54) is 31.5 Å². The Bertz CT molecular complexity index is 883. The van der Waals surface area contributed by atoms with Crippen LogP contribution in [0.25, 0.3) is 0 Å². The molecule has 2 amide bonds. The van der Waals surface area contributed by atoms with Crippen LogP contribution in [0.15, 0.2) is 53.4 Å². The van der Waals surface area contributed by atoms with Crippen LogP contribution in [0.3, 0.4) is 0 Å². The zero-order chi connectivity index (χ0) is 21.7. The number of thioether (sulfide) groups is 1. The fourth-order valence-corrected chi connectivity index (χ4v) is 4.63. The van der Waals surface area contributed by atoms with Gasteiger partial charge in [-0.25, -0.2) is 0 Å². The maximum atomic E-state index is 13.4. The van der Waals surface area contributed by atoms with Crippen molar-refractivity contribution in [3.63, 3.8) is 0 Å². The van der Waals surface area contributed by atoms with E-state index in [1.54, 1.807) is 11.8 Å². The third-order valence-electron chi connectivity index (χ3n) is 5.22. The van der Waals surface area contributed by atoms with E-state index < -0.39 is 17.5 Å². The lowest BCUT2D eigenvalue weighted by Gasteiger charge is -2.36. The second-order valence-corrected chi connectivity index (χ2v) is 8.53. The molecule has 1 aliphatic rings. The molecule has 1 heterocycles. The predicted octanol–water partition coefficient (Wildman–Crippen LogP) is 3.37. The first-order chi connectivity index (χ1) is 14.4. The number of hydrogen-bond donors (Lipinski definition) is 1. The molecule has 0 aromatic heterocycles. The average molecular weight is 429 g/mol. The summed E-state index contributed by atoms with van der Waals surface area (Å²) < 4.78 is 10.2. The van der Waals surface area contributed by atoms with Crippen LogP contribution in [0.5, 0.6) is 0 Å². The van der Waals surface area contributed by atoms with Crippen LogP contribution in [0.1, 0.15) is 18.1 Å². The maximum Gasteiger partial charge on any atom is 0.241 e. The maximum absolute atomic E-state index is 13.4. The zero-order valence-corrected chi connectivity index (χ0v) is 18.6. The van der Waals surface area contributed by atoms with E-state index >= 15 is 0 Å². The summed E-state index contributed by atoms with van der Waals surface area (Å²) in [5, 5.41) is 2.32. The van der Waals surface area contributed by atoms with Crippen LogP contribution < -0.4 is 10.2 Å². The van der Waals surface area contributed by atoms with Crippen LogP contribution in [0.4, 0.5) is 5.69 Å². The minimum absolute atomic E-state index is 0.0584. The molecule has 2 aromatic carbocycles. The van der Waals surface area contributed by atoms with E-state index in [9.17, 15) is 9.59 Å². The van der Waals surface area contributed by atoms with Crippen molar-refractivity contribution < 1.29 is 19.1 Å². The molecule has 7 heteroatoms. The number of aryl methyl sites for hydroxylation is 1. The Kier molecular flexibility index (Phi) is 7.53. The van der Waals surface area contributed by atoms with E-state index in [0.717, 1.165) is 16.1 Å². The summed E-state index contributed by atoms with van der Waals surface area (Å²) in [6.45, 7) is 4.52. The topological polar surface area (TPSA) is 67.9 Å². The van der Waals surface area contributed by atoms with Gasteiger partial charge in [-0.2, -0.15) is 0 Å². The molecule has 6 nitrogen and oxygen atoms in total. The van der Waals surface area contributed by atoms with E-state index in [1.807, 2.05) is 55.5 Å². The van der Waals surface area contributed by atoms with Crippen molar-refractivity contribution >= 4 is 29.3 Å². The highest BCUT2D eigenvalue weighted by molar-refractivity contribution is 8.01. The van der Waals surface area contributed by atoms with Crippen LogP contribution in [-0.4, -0.2) is 44.1 Å². The van der Waals surface area contributed by atoms with Crippen LogP contribution in [-0.2, 0) is 25.6 Å². The molecular formula is C23H28N2O4S. The number of carbonyl (C=O) groups is 2. The first kappa shape index (κ1) is 22.3. The average Bonchev–Trinajstić information content (AvgIpc) is 2.77. The summed E-state index contributed by atoms with van der Waals surface area (Å²) >= 11 is 1.45. The van der Waals surface area contributed by atoms with Gasteiger partial charge in [0.15, 0.2) is 6.29 Å². The molecule has 0 bridgehead atoms. The lowest BCUT2D eigenvalue weighted by atomic mass is 10.0. The van der Waals surface area contributed by atoms with Crippen molar-refractivity contribution in [3.05, 3.63) is 59.7 Å². The third-order valence-corrected chi connectivity index (χ3v) is 6.68. The number of methoxy groups -OCH3 is 2. The smallest absolute Gasteiger partial charge is 0.241 e. The first-order valence-corrected chi connectivity index (χ1v) is 10.8. The highest BCUT2D eigenvalue weighted by atomic mass is 32.2. The fraction of sp³-hybridized carbons (Fsp3) is 0.391. The van der Waals surface area contributed by atoms with Crippen molar-refractivity contribution in [1.29, 1.82) is 0 Å².